The standard InChI is InChI=1S/C15H9Br2N/c16-14-8-6-12-11-4-2-1-3-10(11)5-7-13(12)15(14,17)9-18/h1-4,6-8H,5H2. The highest BCUT2D eigenvalue weighted by molar-refractivity contribution is 9.14. The second-order valence-corrected chi connectivity index (χ2v) is 6.39. The van der Waals surface area contributed by atoms with Crippen LogP contribution in [0.3, 0.4) is 0 Å². The van der Waals surface area contributed by atoms with Crippen molar-refractivity contribution >= 4 is 37.4 Å². The number of fused-ring (bicyclic) bond motifs is 3. The predicted octanol–water partition coefficient (Wildman–Crippen LogP) is 4.50. The van der Waals surface area contributed by atoms with Crippen LogP contribution in [-0.4, -0.2) is 4.32 Å². The Kier molecular flexibility index (Phi) is 2.80. The van der Waals surface area contributed by atoms with Crippen molar-refractivity contribution in [2.75, 3.05) is 0 Å². The lowest BCUT2D eigenvalue weighted by molar-refractivity contribution is 1.04. The van der Waals surface area contributed by atoms with E-state index in [1.807, 2.05) is 12.1 Å². The SMILES string of the molecule is N#CC1(Br)C(Br)=CC=C2C1=CCc1ccccc12. The fraction of sp³-hybridized carbons (Fsp3) is 0.133. The van der Waals surface area contributed by atoms with Gasteiger partial charge in [0, 0.05) is 4.48 Å². The largest absolute Gasteiger partial charge is 0.196 e. The lowest BCUT2D eigenvalue weighted by atomic mass is 9.79. The van der Waals surface area contributed by atoms with Crippen LogP contribution in [0, 0.1) is 11.3 Å². The molecule has 3 heteroatoms. The summed E-state index contributed by atoms with van der Waals surface area (Å²) in [6, 6.07) is 10.7. The lowest BCUT2D eigenvalue weighted by Crippen LogP contribution is -2.26. The van der Waals surface area contributed by atoms with Crippen molar-refractivity contribution in [3.8, 4) is 6.07 Å². The maximum atomic E-state index is 9.47. The lowest BCUT2D eigenvalue weighted by Gasteiger charge is -2.32. The maximum Gasteiger partial charge on any atom is 0.168 e. The fourth-order valence-corrected chi connectivity index (χ4v) is 3.39. The van der Waals surface area contributed by atoms with E-state index in [9.17, 15) is 5.26 Å². The molecule has 0 aromatic heterocycles. The normalized spacial score (nSPS) is 25.1. The van der Waals surface area contributed by atoms with Crippen LogP contribution in [0.1, 0.15) is 11.1 Å². The van der Waals surface area contributed by atoms with Gasteiger partial charge in [-0.15, -0.1) is 0 Å². The third-order valence-corrected chi connectivity index (χ3v) is 5.80. The van der Waals surface area contributed by atoms with Crippen molar-refractivity contribution in [1.29, 1.82) is 5.26 Å². The third-order valence-electron chi connectivity index (χ3n) is 3.37. The van der Waals surface area contributed by atoms with Crippen LogP contribution in [0.15, 0.2) is 52.5 Å². The molecular formula is C15H9Br2N. The Labute approximate surface area is 123 Å². The summed E-state index contributed by atoms with van der Waals surface area (Å²) in [5, 5.41) is 9.47. The number of alkyl halides is 1. The second kappa shape index (κ2) is 4.22. The van der Waals surface area contributed by atoms with E-state index in [1.165, 1.54) is 11.1 Å². The van der Waals surface area contributed by atoms with Gasteiger partial charge in [-0.1, -0.05) is 68.3 Å². The average Bonchev–Trinajstić information content (AvgIpc) is 2.42. The summed E-state index contributed by atoms with van der Waals surface area (Å²) in [5.41, 5.74) is 4.72. The number of nitriles is 1. The summed E-state index contributed by atoms with van der Waals surface area (Å²) < 4.78 is 0.108. The highest BCUT2D eigenvalue weighted by Crippen LogP contribution is 2.49. The van der Waals surface area contributed by atoms with Gasteiger partial charge in [0.1, 0.15) is 0 Å². The molecule has 3 rings (SSSR count). The van der Waals surface area contributed by atoms with Gasteiger partial charge in [-0.25, -0.2) is 0 Å². The molecule has 1 unspecified atom stereocenters. The first-order chi connectivity index (χ1) is 8.66. The number of hydrogen-bond acceptors (Lipinski definition) is 1. The molecule has 0 saturated carbocycles. The number of rotatable bonds is 0. The Hall–Kier alpha value is -1.11. The van der Waals surface area contributed by atoms with Gasteiger partial charge in [0.25, 0.3) is 0 Å². The zero-order chi connectivity index (χ0) is 12.8. The molecule has 88 valence electrons. The number of allylic oxidation sites excluding steroid dienone is 6. The van der Waals surface area contributed by atoms with Gasteiger partial charge in [-0.05, 0) is 34.8 Å². The Morgan fingerprint density at radius 3 is 2.78 bits per heavy atom. The minimum atomic E-state index is -0.745. The molecule has 0 fully saturated rings. The van der Waals surface area contributed by atoms with E-state index >= 15 is 0 Å². The first kappa shape index (κ1) is 12.0. The van der Waals surface area contributed by atoms with Gasteiger partial charge in [0.15, 0.2) is 4.32 Å². The monoisotopic (exact) mass is 361 g/mol. The van der Waals surface area contributed by atoms with Crippen molar-refractivity contribution in [3.05, 3.63) is 63.7 Å². The number of nitrogens with zero attached hydrogens (tertiary/aromatic N) is 1. The topological polar surface area (TPSA) is 23.8 Å². The van der Waals surface area contributed by atoms with Gasteiger partial charge in [-0.2, -0.15) is 5.26 Å². The zero-order valence-corrected chi connectivity index (χ0v) is 12.6. The highest BCUT2D eigenvalue weighted by atomic mass is 79.9. The molecule has 1 nitrogen and oxygen atoms in total. The van der Waals surface area contributed by atoms with Gasteiger partial charge in [0.05, 0.1) is 6.07 Å². The van der Waals surface area contributed by atoms with Crippen LogP contribution in [0.5, 0.6) is 0 Å². The molecule has 0 spiro atoms. The molecule has 0 amide bonds. The van der Waals surface area contributed by atoms with Crippen molar-refractivity contribution in [2.24, 2.45) is 0 Å². The summed E-state index contributed by atoms with van der Waals surface area (Å²) in [7, 11) is 0. The number of benzene rings is 1. The van der Waals surface area contributed by atoms with Crippen molar-refractivity contribution < 1.29 is 0 Å². The molecule has 0 bridgehead atoms. The Morgan fingerprint density at radius 1 is 1.22 bits per heavy atom. The Bertz CT molecular complexity index is 661. The van der Waals surface area contributed by atoms with E-state index < -0.39 is 4.32 Å². The molecule has 0 radical (unpaired) electrons. The van der Waals surface area contributed by atoms with Gasteiger partial charge < -0.3 is 0 Å². The van der Waals surface area contributed by atoms with E-state index in [4.69, 9.17) is 0 Å². The predicted molar refractivity (Wildman–Crippen MR) is 80.5 cm³/mol. The van der Waals surface area contributed by atoms with E-state index in [-0.39, 0.29) is 0 Å². The van der Waals surface area contributed by atoms with E-state index in [0.717, 1.165) is 22.0 Å². The molecule has 0 aliphatic heterocycles. The van der Waals surface area contributed by atoms with Crippen LogP contribution in [-0.2, 0) is 6.42 Å². The van der Waals surface area contributed by atoms with Crippen molar-refractivity contribution in [1.82, 2.24) is 0 Å². The molecule has 18 heavy (non-hydrogen) atoms. The molecular weight excluding hydrogens is 354 g/mol. The fourth-order valence-electron chi connectivity index (χ4n) is 2.45. The molecule has 1 aromatic rings. The smallest absolute Gasteiger partial charge is 0.168 e. The first-order valence-corrected chi connectivity index (χ1v) is 7.23. The molecule has 1 atom stereocenters. The van der Waals surface area contributed by atoms with Gasteiger partial charge >= 0.3 is 0 Å². The zero-order valence-electron chi connectivity index (χ0n) is 9.45. The van der Waals surface area contributed by atoms with E-state index in [0.29, 0.717) is 0 Å². The summed E-state index contributed by atoms with van der Waals surface area (Å²) >= 11 is 7.05. The quantitative estimate of drug-likeness (QED) is 0.623. The maximum absolute atomic E-state index is 9.47. The minimum absolute atomic E-state index is 0.745. The molecule has 2 aliphatic rings. The summed E-state index contributed by atoms with van der Waals surface area (Å²) in [4.78, 5) is 0. The van der Waals surface area contributed by atoms with Gasteiger partial charge in [-0.3, -0.25) is 0 Å². The second-order valence-electron chi connectivity index (χ2n) is 4.34. The van der Waals surface area contributed by atoms with E-state index in [1.54, 1.807) is 0 Å². The number of halogens is 2. The molecule has 0 heterocycles. The Balaban J connectivity index is 2.24. The van der Waals surface area contributed by atoms with Crippen LogP contribution >= 0.6 is 31.9 Å². The molecule has 1 aromatic carbocycles. The highest BCUT2D eigenvalue weighted by Gasteiger charge is 2.40. The molecule has 0 saturated heterocycles. The van der Waals surface area contributed by atoms with Crippen molar-refractivity contribution in [3.63, 3.8) is 0 Å². The third kappa shape index (κ3) is 1.56. The Morgan fingerprint density at radius 2 is 2.00 bits per heavy atom. The molecule has 2 aliphatic carbocycles. The van der Waals surface area contributed by atoms with Crippen molar-refractivity contribution in [2.45, 2.75) is 10.7 Å². The summed E-state index contributed by atoms with van der Waals surface area (Å²) in [6.45, 7) is 0. The summed E-state index contributed by atoms with van der Waals surface area (Å²) in [6.07, 6.45) is 7.04. The van der Waals surface area contributed by atoms with Crippen LogP contribution in [0.2, 0.25) is 0 Å². The number of hydrogen-bond donors (Lipinski definition) is 0. The van der Waals surface area contributed by atoms with E-state index in [2.05, 4.69) is 68.3 Å². The van der Waals surface area contributed by atoms with Crippen LogP contribution in [0.25, 0.3) is 5.57 Å². The first-order valence-electron chi connectivity index (χ1n) is 5.64. The van der Waals surface area contributed by atoms with Gasteiger partial charge in [0.2, 0.25) is 0 Å². The minimum Gasteiger partial charge on any atom is -0.196 e. The van der Waals surface area contributed by atoms with Crippen LogP contribution in [0.4, 0.5) is 0 Å². The summed E-state index contributed by atoms with van der Waals surface area (Å²) in [5.74, 6) is 0. The molecule has 0 N–H and O–H groups in total. The van der Waals surface area contributed by atoms with Crippen LogP contribution < -0.4 is 0 Å². The average molecular weight is 363 g/mol.